The number of nitrogens with one attached hydrogen (secondary N) is 2. The molecule has 2 saturated heterocycles. The van der Waals surface area contributed by atoms with Gasteiger partial charge in [0, 0.05) is 26.2 Å². The summed E-state index contributed by atoms with van der Waals surface area (Å²) in [7, 11) is 0. The quantitative estimate of drug-likeness (QED) is 0.641. The highest BCUT2D eigenvalue weighted by atomic mass is 16.7. The minimum atomic E-state index is -0.605. The molecule has 2 heterocycles. The van der Waals surface area contributed by atoms with Crippen LogP contribution in [0.2, 0.25) is 0 Å². The molecule has 2 unspecified atom stereocenters. The average Bonchev–Trinajstić information content (AvgIpc) is 2.60. The molecule has 0 aromatic carbocycles. The lowest BCUT2D eigenvalue weighted by atomic mass is 10.1. The fraction of sp³-hybridized carbons (Fsp3) is 1.00. The predicted molar refractivity (Wildman–Crippen MR) is 86.9 cm³/mol. The van der Waals surface area contributed by atoms with Gasteiger partial charge in [0.25, 0.3) is 0 Å². The molecule has 0 spiro atoms. The summed E-state index contributed by atoms with van der Waals surface area (Å²) < 4.78 is 11.5. The number of ether oxygens (including phenoxy) is 2. The molecule has 0 aliphatic carbocycles. The van der Waals surface area contributed by atoms with Crippen LogP contribution in [0.4, 0.5) is 0 Å². The highest BCUT2D eigenvalue weighted by Gasteiger charge is 2.34. The Morgan fingerprint density at radius 3 is 2.45 bits per heavy atom. The van der Waals surface area contributed by atoms with E-state index >= 15 is 0 Å². The molecule has 130 valence electrons. The molecule has 3 N–H and O–H groups in total. The van der Waals surface area contributed by atoms with Crippen molar-refractivity contribution in [3.8, 4) is 0 Å². The van der Waals surface area contributed by atoms with E-state index in [9.17, 15) is 5.11 Å². The third kappa shape index (κ3) is 6.10. The normalized spacial score (nSPS) is 33.4. The van der Waals surface area contributed by atoms with Crippen LogP contribution in [0.3, 0.4) is 0 Å². The Morgan fingerprint density at radius 1 is 0.909 bits per heavy atom. The van der Waals surface area contributed by atoms with Gasteiger partial charge in [-0.05, 0) is 39.8 Å². The van der Waals surface area contributed by atoms with E-state index in [0.717, 1.165) is 45.7 Å². The highest BCUT2D eigenvalue weighted by Crippen LogP contribution is 2.20. The summed E-state index contributed by atoms with van der Waals surface area (Å²) in [4.78, 5) is 2.37. The van der Waals surface area contributed by atoms with Crippen LogP contribution < -0.4 is 10.6 Å². The first-order valence-corrected chi connectivity index (χ1v) is 8.70. The number of nitrogens with zero attached hydrogens (tertiary/aromatic N) is 1. The van der Waals surface area contributed by atoms with Gasteiger partial charge in [-0.15, -0.1) is 0 Å². The molecular weight excluding hydrogens is 282 g/mol. The van der Waals surface area contributed by atoms with E-state index in [4.69, 9.17) is 9.47 Å². The summed E-state index contributed by atoms with van der Waals surface area (Å²) in [5.41, 5.74) is 0. The Balaban J connectivity index is 1.92. The van der Waals surface area contributed by atoms with Crippen molar-refractivity contribution in [1.29, 1.82) is 0 Å². The molecular formula is C16H33N3O3. The molecule has 6 nitrogen and oxygen atoms in total. The van der Waals surface area contributed by atoms with E-state index in [-0.39, 0.29) is 6.04 Å². The molecule has 0 saturated carbocycles. The Morgan fingerprint density at radius 2 is 1.64 bits per heavy atom. The number of rotatable bonds is 1. The van der Waals surface area contributed by atoms with Gasteiger partial charge in [-0.2, -0.15) is 0 Å². The minimum Gasteiger partial charge on any atom is -0.389 e. The first-order valence-electron chi connectivity index (χ1n) is 8.70. The van der Waals surface area contributed by atoms with Crippen LogP contribution >= 0.6 is 0 Å². The highest BCUT2D eigenvalue weighted by molar-refractivity contribution is 4.83. The Labute approximate surface area is 134 Å². The average molecular weight is 315 g/mol. The number of aliphatic hydroxyl groups is 1. The van der Waals surface area contributed by atoms with Crippen LogP contribution in [0, 0.1) is 0 Å². The van der Waals surface area contributed by atoms with Gasteiger partial charge >= 0.3 is 0 Å². The van der Waals surface area contributed by atoms with Gasteiger partial charge in [-0.1, -0.05) is 6.42 Å². The van der Waals surface area contributed by atoms with Gasteiger partial charge in [0.05, 0.1) is 25.4 Å². The first-order chi connectivity index (χ1) is 10.6. The van der Waals surface area contributed by atoms with E-state index < -0.39 is 11.9 Å². The van der Waals surface area contributed by atoms with Gasteiger partial charge in [0.2, 0.25) is 0 Å². The fourth-order valence-corrected chi connectivity index (χ4v) is 3.02. The topological polar surface area (TPSA) is 66.0 Å². The standard InChI is InChI=1S/C16H33N3O3/c1-16(2)21-12-14(15(20)13-22-16)19-10-5-3-4-6-17-7-8-18-9-11-19/h14-15,17-18,20H,3-13H2,1-2H3. The molecule has 2 atom stereocenters. The summed E-state index contributed by atoms with van der Waals surface area (Å²) in [5.74, 6) is -0.605. The third-order valence-corrected chi connectivity index (χ3v) is 4.47. The van der Waals surface area contributed by atoms with Gasteiger partial charge in [0.15, 0.2) is 5.79 Å². The van der Waals surface area contributed by atoms with Crippen LogP contribution in [-0.4, -0.2) is 80.4 Å². The lowest BCUT2D eigenvalue weighted by molar-refractivity contribution is -0.204. The van der Waals surface area contributed by atoms with Crippen LogP contribution in [0.1, 0.15) is 33.1 Å². The van der Waals surface area contributed by atoms with Crippen molar-refractivity contribution in [2.24, 2.45) is 0 Å². The minimum absolute atomic E-state index is 0.0182. The summed E-state index contributed by atoms with van der Waals surface area (Å²) in [6.07, 6.45) is 3.11. The van der Waals surface area contributed by atoms with E-state index in [2.05, 4.69) is 15.5 Å². The Kier molecular flexibility index (Phi) is 7.53. The second-order valence-electron chi connectivity index (χ2n) is 6.75. The van der Waals surface area contributed by atoms with Gasteiger partial charge < -0.3 is 25.2 Å². The molecule has 0 aromatic heterocycles. The molecule has 2 fully saturated rings. The second kappa shape index (κ2) is 9.15. The molecule has 22 heavy (non-hydrogen) atoms. The Hall–Kier alpha value is -0.240. The molecule has 2 aliphatic rings. The summed E-state index contributed by atoms with van der Waals surface area (Å²) in [6.45, 7) is 10.7. The Bertz CT molecular complexity index is 303. The van der Waals surface area contributed by atoms with E-state index in [1.807, 2.05) is 13.8 Å². The van der Waals surface area contributed by atoms with E-state index in [1.165, 1.54) is 12.8 Å². The molecule has 6 heteroatoms. The zero-order valence-electron chi connectivity index (χ0n) is 14.1. The summed E-state index contributed by atoms with van der Waals surface area (Å²) >= 11 is 0. The second-order valence-corrected chi connectivity index (χ2v) is 6.75. The zero-order chi connectivity index (χ0) is 15.8. The van der Waals surface area contributed by atoms with Crippen molar-refractivity contribution in [1.82, 2.24) is 15.5 Å². The molecule has 2 aliphatic heterocycles. The van der Waals surface area contributed by atoms with Crippen LogP contribution in [-0.2, 0) is 9.47 Å². The fourth-order valence-electron chi connectivity index (χ4n) is 3.02. The SMILES string of the molecule is CC1(C)OCC(O)C(N2CCCCCNCCNCC2)CO1. The van der Waals surface area contributed by atoms with Crippen molar-refractivity contribution >= 4 is 0 Å². The van der Waals surface area contributed by atoms with E-state index in [0.29, 0.717) is 13.2 Å². The number of hydrogen-bond acceptors (Lipinski definition) is 6. The molecule has 2 rings (SSSR count). The lowest BCUT2D eigenvalue weighted by Crippen LogP contribution is -2.50. The summed E-state index contributed by atoms with van der Waals surface area (Å²) in [6, 6.07) is 0.0182. The maximum absolute atomic E-state index is 10.4. The molecule has 0 radical (unpaired) electrons. The smallest absolute Gasteiger partial charge is 0.162 e. The van der Waals surface area contributed by atoms with Crippen molar-refractivity contribution < 1.29 is 14.6 Å². The predicted octanol–water partition coefficient (Wildman–Crippen LogP) is 0.164. The van der Waals surface area contributed by atoms with Gasteiger partial charge in [-0.25, -0.2) is 0 Å². The van der Waals surface area contributed by atoms with Crippen molar-refractivity contribution in [3.05, 3.63) is 0 Å². The summed E-state index contributed by atoms with van der Waals surface area (Å²) in [5, 5.41) is 17.4. The van der Waals surface area contributed by atoms with Crippen LogP contribution in [0.25, 0.3) is 0 Å². The number of aliphatic hydroxyl groups excluding tert-OH is 1. The zero-order valence-corrected chi connectivity index (χ0v) is 14.1. The maximum Gasteiger partial charge on any atom is 0.162 e. The molecule has 0 amide bonds. The number of hydrogen-bond donors (Lipinski definition) is 3. The van der Waals surface area contributed by atoms with Crippen molar-refractivity contribution in [2.75, 3.05) is 52.5 Å². The first kappa shape index (κ1) is 18.1. The third-order valence-electron chi connectivity index (χ3n) is 4.47. The molecule has 0 aromatic rings. The van der Waals surface area contributed by atoms with Crippen molar-refractivity contribution in [2.45, 2.75) is 51.0 Å². The monoisotopic (exact) mass is 315 g/mol. The van der Waals surface area contributed by atoms with Crippen molar-refractivity contribution in [3.63, 3.8) is 0 Å². The van der Waals surface area contributed by atoms with E-state index in [1.54, 1.807) is 0 Å². The molecule has 0 bridgehead atoms. The van der Waals surface area contributed by atoms with Gasteiger partial charge in [0.1, 0.15) is 0 Å². The van der Waals surface area contributed by atoms with Crippen LogP contribution in [0.15, 0.2) is 0 Å². The maximum atomic E-state index is 10.4. The van der Waals surface area contributed by atoms with Crippen LogP contribution in [0.5, 0.6) is 0 Å². The lowest BCUT2D eigenvalue weighted by Gasteiger charge is -2.33. The largest absolute Gasteiger partial charge is 0.389 e. The van der Waals surface area contributed by atoms with Gasteiger partial charge in [-0.3, -0.25) is 4.90 Å².